The van der Waals surface area contributed by atoms with Crippen LogP contribution in [0.5, 0.6) is 0 Å². The average Bonchev–Trinajstić information content (AvgIpc) is 3.53. The van der Waals surface area contributed by atoms with Crippen LogP contribution in [0.2, 0.25) is 0 Å². The lowest BCUT2D eigenvalue weighted by Gasteiger charge is -2.26. The number of benzene rings is 1. The zero-order chi connectivity index (χ0) is 22.7. The van der Waals surface area contributed by atoms with Crippen molar-refractivity contribution in [3.05, 3.63) is 53.6 Å². The Morgan fingerprint density at radius 2 is 2.00 bits per heavy atom. The summed E-state index contributed by atoms with van der Waals surface area (Å²) in [5, 5.41) is 10.5. The molecule has 0 spiro atoms. The highest BCUT2D eigenvalue weighted by atomic mass is 19.1. The van der Waals surface area contributed by atoms with Crippen molar-refractivity contribution in [3.63, 3.8) is 0 Å². The third-order valence-electron chi connectivity index (χ3n) is 5.75. The summed E-state index contributed by atoms with van der Waals surface area (Å²) < 4.78 is 23.7. The first-order chi connectivity index (χ1) is 15.4. The molecule has 1 atom stereocenters. The number of likely N-dealkylation sites (tertiary alicyclic amines) is 1. The molecule has 0 radical (unpaired) electrons. The first-order valence-electron chi connectivity index (χ1n) is 10.4. The zero-order valence-electron chi connectivity index (χ0n) is 17.9. The van der Waals surface area contributed by atoms with E-state index >= 15 is 0 Å². The summed E-state index contributed by atoms with van der Waals surface area (Å²) in [6.07, 6.45) is 1.38. The van der Waals surface area contributed by atoms with Gasteiger partial charge in [0.05, 0.1) is 5.41 Å². The summed E-state index contributed by atoms with van der Waals surface area (Å²) in [6.45, 7) is 2.47. The van der Waals surface area contributed by atoms with E-state index in [0.717, 1.165) is 5.56 Å². The minimum absolute atomic E-state index is 0.0730. The van der Waals surface area contributed by atoms with Gasteiger partial charge in [0.1, 0.15) is 17.3 Å². The molecule has 168 valence electrons. The van der Waals surface area contributed by atoms with E-state index in [4.69, 9.17) is 9.05 Å². The normalized spacial score (nSPS) is 18.2. The molecule has 1 N–H and O–H groups in total. The highest BCUT2D eigenvalue weighted by Gasteiger charge is 2.46. The van der Waals surface area contributed by atoms with E-state index < -0.39 is 5.41 Å². The highest BCUT2D eigenvalue weighted by molar-refractivity contribution is 5.85. The van der Waals surface area contributed by atoms with Gasteiger partial charge in [-0.3, -0.25) is 9.59 Å². The Labute approximate surface area is 184 Å². The van der Waals surface area contributed by atoms with Crippen molar-refractivity contribution in [2.45, 2.75) is 32.6 Å². The van der Waals surface area contributed by atoms with E-state index in [-0.39, 0.29) is 30.6 Å². The maximum absolute atomic E-state index is 13.2. The van der Waals surface area contributed by atoms with Crippen LogP contribution in [0.15, 0.2) is 39.4 Å². The molecule has 3 heterocycles. The van der Waals surface area contributed by atoms with Gasteiger partial charge in [-0.15, -0.1) is 0 Å². The standard InChI is InChI=1S/C22H24FN5O4/c1-14-25-19(32-26-14)7-8-20(29)28-10-9-22(13-28,21(30)24-2)12-17-11-18(27-31-17)15-3-5-16(23)6-4-15/h3-6,11H,7-10,12-13H2,1-2H3,(H,24,30)/t22-/m0/s1. The summed E-state index contributed by atoms with van der Waals surface area (Å²) in [5.41, 5.74) is 0.466. The van der Waals surface area contributed by atoms with Gasteiger partial charge in [0.25, 0.3) is 0 Å². The third kappa shape index (κ3) is 4.53. The molecule has 32 heavy (non-hydrogen) atoms. The van der Waals surface area contributed by atoms with Crippen LogP contribution in [-0.4, -0.2) is 52.1 Å². The fourth-order valence-electron chi connectivity index (χ4n) is 4.06. The number of halogens is 1. The van der Waals surface area contributed by atoms with Gasteiger partial charge < -0.3 is 19.3 Å². The van der Waals surface area contributed by atoms with Crippen molar-refractivity contribution >= 4 is 11.8 Å². The van der Waals surface area contributed by atoms with Gasteiger partial charge in [0.15, 0.2) is 5.82 Å². The number of hydrogen-bond acceptors (Lipinski definition) is 7. The molecular weight excluding hydrogens is 417 g/mol. The molecule has 2 aromatic heterocycles. The maximum atomic E-state index is 13.2. The number of nitrogens with one attached hydrogen (secondary N) is 1. The predicted molar refractivity (Wildman–Crippen MR) is 111 cm³/mol. The highest BCUT2D eigenvalue weighted by Crippen LogP contribution is 2.36. The number of aromatic nitrogens is 3. The number of amides is 2. The molecule has 3 aromatic rings. The fraction of sp³-hybridized carbons (Fsp3) is 0.409. The Kier molecular flexibility index (Phi) is 6.02. The smallest absolute Gasteiger partial charge is 0.228 e. The molecule has 1 aliphatic rings. The van der Waals surface area contributed by atoms with Crippen molar-refractivity contribution in [1.82, 2.24) is 25.5 Å². The minimum atomic E-state index is -0.814. The summed E-state index contributed by atoms with van der Waals surface area (Å²) >= 11 is 0. The van der Waals surface area contributed by atoms with Gasteiger partial charge in [-0.05, 0) is 37.6 Å². The number of carbonyl (C=O) groups excluding carboxylic acids is 2. The van der Waals surface area contributed by atoms with Crippen LogP contribution in [0.1, 0.15) is 30.3 Å². The van der Waals surface area contributed by atoms with Gasteiger partial charge in [0, 0.05) is 51.0 Å². The number of nitrogens with zero attached hydrogens (tertiary/aromatic N) is 4. The van der Waals surface area contributed by atoms with Crippen LogP contribution in [0.4, 0.5) is 4.39 Å². The molecule has 1 aliphatic heterocycles. The average molecular weight is 441 g/mol. The molecule has 0 bridgehead atoms. The minimum Gasteiger partial charge on any atom is -0.361 e. The predicted octanol–water partition coefficient (Wildman–Crippen LogP) is 2.31. The van der Waals surface area contributed by atoms with Crippen molar-refractivity contribution in [2.24, 2.45) is 5.41 Å². The van der Waals surface area contributed by atoms with E-state index in [1.54, 1.807) is 37.1 Å². The summed E-state index contributed by atoms with van der Waals surface area (Å²) in [7, 11) is 1.58. The molecule has 0 saturated carbocycles. The van der Waals surface area contributed by atoms with Gasteiger partial charge in [-0.1, -0.05) is 10.3 Å². The first kappa shape index (κ1) is 21.7. The second-order valence-corrected chi connectivity index (χ2v) is 8.02. The van der Waals surface area contributed by atoms with Gasteiger partial charge in [0.2, 0.25) is 17.7 Å². The summed E-state index contributed by atoms with van der Waals surface area (Å²) in [4.78, 5) is 31.4. The molecule has 1 saturated heterocycles. The lowest BCUT2D eigenvalue weighted by Crippen LogP contribution is -2.44. The van der Waals surface area contributed by atoms with Crippen LogP contribution in [-0.2, 0) is 22.4 Å². The largest absolute Gasteiger partial charge is 0.361 e. The number of rotatable bonds is 7. The second-order valence-electron chi connectivity index (χ2n) is 8.02. The number of carbonyl (C=O) groups is 2. The summed E-state index contributed by atoms with van der Waals surface area (Å²) in [5.74, 6) is 0.919. The fourth-order valence-corrected chi connectivity index (χ4v) is 4.06. The van der Waals surface area contributed by atoms with Crippen molar-refractivity contribution in [2.75, 3.05) is 20.1 Å². The molecule has 0 aliphatic carbocycles. The van der Waals surface area contributed by atoms with Crippen LogP contribution < -0.4 is 5.32 Å². The molecule has 4 rings (SSSR count). The lowest BCUT2D eigenvalue weighted by atomic mass is 9.81. The Morgan fingerprint density at radius 1 is 1.22 bits per heavy atom. The van der Waals surface area contributed by atoms with Crippen LogP contribution in [0.3, 0.4) is 0 Å². The van der Waals surface area contributed by atoms with Gasteiger partial charge >= 0.3 is 0 Å². The van der Waals surface area contributed by atoms with E-state index in [2.05, 4.69) is 20.6 Å². The van der Waals surface area contributed by atoms with E-state index in [1.165, 1.54) is 12.1 Å². The Balaban J connectivity index is 1.44. The Bertz CT molecular complexity index is 1110. The van der Waals surface area contributed by atoms with Crippen molar-refractivity contribution in [3.8, 4) is 11.3 Å². The van der Waals surface area contributed by atoms with Crippen LogP contribution >= 0.6 is 0 Å². The Morgan fingerprint density at radius 3 is 2.69 bits per heavy atom. The lowest BCUT2D eigenvalue weighted by molar-refractivity contribution is -0.133. The molecule has 9 nitrogen and oxygen atoms in total. The number of aryl methyl sites for hydroxylation is 2. The number of hydrogen-bond donors (Lipinski definition) is 1. The van der Waals surface area contributed by atoms with E-state index in [1.807, 2.05) is 0 Å². The zero-order valence-corrected chi connectivity index (χ0v) is 17.9. The molecule has 1 aromatic carbocycles. The second kappa shape index (κ2) is 8.89. The molecule has 1 fully saturated rings. The van der Waals surface area contributed by atoms with Gasteiger partial charge in [-0.2, -0.15) is 4.98 Å². The molecule has 0 unspecified atom stereocenters. The van der Waals surface area contributed by atoms with Crippen LogP contribution in [0.25, 0.3) is 11.3 Å². The quantitative estimate of drug-likeness (QED) is 0.598. The third-order valence-corrected chi connectivity index (χ3v) is 5.75. The first-order valence-corrected chi connectivity index (χ1v) is 10.4. The van der Waals surface area contributed by atoms with E-state index in [9.17, 15) is 14.0 Å². The monoisotopic (exact) mass is 441 g/mol. The Hall–Kier alpha value is -3.56. The maximum Gasteiger partial charge on any atom is 0.228 e. The molecule has 10 heteroatoms. The van der Waals surface area contributed by atoms with E-state index in [0.29, 0.717) is 49.0 Å². The summed E-state index contributed by atoms with van der Waals surface area (Å²) in [6, 6.07) is 7.69. The SMILES string of the molecule is CNC(=O)[C@]1(Cc2cc(-c3ccc(F)cc3)no2)CCN(C(=O)CCc2nc(C)no2)C1. The van der Waals surface area contributed by atoms with Crippen LogP contribution in [0, 0.1) is 18.2 Å². The van der Waals surface area contributed by atoms with Gasteiger partial charge in [-0.25, -0.2) is 4.39 Å². The molecular formula is C22H24FN5O4. The van der Waals surface area contributed by atoms with Crippen molar-refractivity contribution < 1.29 is 23.0 Å². The van der Waals surface area contributed by atoms with Crippen molar-refractivity contribution in [1.29, 1.82) is 0 Å². The topological polar surface area (TPSA) is 114 Å². The molecule has 2 amide bonds.